The second-order valence-corrected chi connectivity index (χ2v) is 11.1. The summed E-state index contributed by atoms with van der Waals surface area (Å²) in [6.45, 7) is 7.86. The quantitative estimate of drug-likeness (QED) is 0.729. The largest absolute Gasteiger partial charge is 0.525 e. The molecule has 5 nitrogen and oxygen atoms in total. The monoisotopic (exact) mass is 399 g/mol. The van der Waals surface area contributed by atoms with Crippen LogP contribution in [-0.2, 0) is 19.3 Å². The highest BCUT2D eigenvalue weighted by molar-refractivity contribution is 7.93. The molecule has 1 aromatic heterocycles. The fourth-order valence-electron chi connectivity index (χ4n) is 3.21. The van der Waals surface area contributed by atoms with Gasteiger partial charge in [0.15, 0.2) is 0 Å². The number of halogens is 1. The van der Waals surface area contributed by atoms with E-state index in [1.165, 1.54) is 15.6 Å². The lowest BCUT2D eigenvalue weighted by molar-refractivity contribution is 0.00578. The summed E-state index contributed by atoms with van der Waals surface area (Å²) < 4.78 is 54.0. The molecular weight excluding hydrogens is 376 g/mol. The molecule has 0 unspecified atom stereocenters. The van der Waals surface area contributed by atoms with Gasteiger partial charge in [-0.05, 0) is 57.9 Å². The second-order valence-electron chi connectivity index (χ2n) is 8.28. The molecule has 3 aliphatic rings. The third-order valence-electron chi connectivity index (χ3n) is 5.72. The van der Waals surface area contributed by atoms with Gasteiger partial charge in [0.25, 0.3) is 0 Å². The van der Waals surface area contributed by atoms with E-state index in [4.69, 9.17) is 9.31 Å². The number of anilines is 1. The Bertz CT molecular complexity index is 857. The summed E-state index contributed by atoms with van der Waals surface area (Å²) in [6, 6.07) is 1.76. The number of nitrogens with zero attached hydrogens (tertiary/aromatic N) is 1. The first-order valence-corrected chi connectivity index (χ1v) is 11.3. The van der Waals surface area contributed by atoms with Crippen LogP contribution in [0.25, 0.3) is 5.57 Å². The van der Waals surface area contributed by atoms with Crippen molar-refractivity contribution < 1.29 is 22.1 Å². The summed E-state index contributed by atoms with van der Waals surface area (Å²) >= 11 is 1.36. The van der Waals surface area contributed by atoms with Gasteiger partial charge in [-0.15, -0.1) is 11.3 Å². The van der Waals surface area contributed by atoms with Crippen LogP contribution < -0.4 is 4.31 Å². The molecule has 26 heavy (non-hydrogen) atoms. The fraction of sp³-hybridized carbons (Fsp3) is 0.647. The molecule has 0 N–H and O–H groups in total. The van der Waals surface area contributed by atoms with E-state index >= 15 is 4.39 Å². The van der Waals surface area contributed by atoms with E-state index in [9.17, 15) is 8.42 Å². The molecule has 1 saturated heterocycles. The molecule has 1 aliphatic carbocycles. The number of rotatable bonds is 3. The SMILES string of the molecule is CC1(C)OB(C(F)=C2CS(=O)(=O)N(CC3CC3)c3ccsc32)OC1(C)C. The Hall–Kier alpha value is -0.895. The van der Waals surface area contributed by atoms with Crippen molar-refractivity contribution >= 4 is 39.7 Å². The second kappa shape index (κ2) is 5.80. The van der Waals surface area contributed by atoms with Gasteiger partial charge in [-0.2, -0.15) is 0 Å². The molecule has 1 aromatic rings. The molecule has 4 rings (SSSR count). The fourth-order valence-corrected chi connectivity index (χ4v) is 6.00. The zero-order valence-corrected chi connectivity index (χ0v) is 17.0. The highest BCUT2D eigenvalue weighted by Gasteiger charge is 2.54. The Morgan fingerprint density at radius 3 is 2.50 bits per heavy atom. The summed E-state index contributed by atoms with van der Waals surface area (Å²) in [5.41, 5.74) is -1.25. The Balaban J connectivity index is 1.74. The van der Waals surface area contributed by atoms with Gasteiger partial charge in [0, 0.05) is 12.1 Å². The maximum atomic E-state index is 15.3. The van der Waals surface area contributed by atoms with Crippen LogP contribution >= 0.6 is 11.3 Å². The van der Waals surface area contributed by atoms with Crippen LogP contribution in [0.1, 0.15) is 45.4 Å². The first kappa shape index (κ1) is 18.5. The first-order chi connectivity index (χ1) is 12.0. The lowest BCUT2D eigenvalue weighted by atomic mass is 9.84. The summed E-state index contributed by atoms with van der Waals surface area (Å²) in [6.07, 6.45) is 2.10. The van der Waals surface area contributed by atoms with E-state index in [1.807, 2.05) is 33.1 Å². The van der Waals surface area contributed by atoms with Gasteiger partial charge in [-0.3, -0.25) is 4.31 Å². The minimum atomic E-state index is -3.61. The maximum absolute atomic E-state index is 15.3. The molecule has 2 aliphatic heterocycles. The molecule has 0 spiro atoms. The topological polar surface area (TPSA) is 55.8 Å². The van der Waals surface area contributed by atoms with Crippen LogP contribution in [0.3, 0.4) is 0 Å². The minimum absolute atomic E-state index is 0.167. The number of hydrogen-bond donors (Lipinski definition) is 0. The molecule has 0 radical (unpaired) electrons. The Morgan fingerprint density at radius 1 is 1.31 bits per heavy atom. The average molecular weight is 399 g/mol. The Kier molecular flexibility index (Phi) is 4.12. The first-order valence-electron chi connectivity index (χ1n) is 8.84. The van der Waals surface area contributed by atoms with E-state index in [-0.39, 0.29) is 11.3 Å². The molecule has 142 valence electrons. The number of fused-ring (bicyclic) bond motifs is 1. The van der Waals surface area contributed by atoms with Crippen molar-refractivity contribution in [1.82, 2.24) is 0 Å². The molecule has 1 saturated carbocycles. The molecule has 0 atom stereocenters. The van der Waals surface area contributed by atoms with Gasteiger partial charge in [0.1, 0.15) is 5.73 Å². The summed E-state index contributed by atoms with van der Waals surface area (Å²) in [4.78, 5) is 0.660. The van der Waals surface area contributed by atoms with Gasteiger partial charge in [-0.1, -0.05) is 0 Å². The molecule has 2 fully saturated rings. The third kappa shape index (κ3) is 2.93. The number of sulfonamides is 1. The third-order valence-corrected chi connectivity index (χ3v) is 8.35. The van der Waals surface area contributed by atoms with E-state index in [2.05, 4.69) is 0 Å². The maximum Gasteiger partial charge on any atom is 0.525 e. The van der Waals surface area contributed by atoms with Crippen molar-refractivity contribution in [2.24, 2.45) is 5.92 Å². The lowest BCUT2D eigenvalue weighted by Gasteiger charge is -2.32. The van der Waals surface area contributed by atoms with Crippen molar-refractivity contribution in [3.05, 3.63) is 22.0 Å². The van der Waals surface area contributed by atoms with Crippen LogP contribution in [0.4, 0.5) is 10.1 Å². The van der Waals surface area contributed by atoms with Crippen molar-refractivity contribution in [3.8, 4) is 0 Å². The normalized spacial score (nSPS) is 28.2. The molecule has 0 amide bonds. The van der Waals surface area contributed by atoms with Gasteiger partial charge < -0.3 is 9.31 Å². The predicted molar refractivity (Wildman–Crippen MR) is 102 cm³/mol. The molecular formula is C17H23BFNO4S2. The lowest BCUT2D eigenvalue weighted by Crippen LogP contribution is -2.41. The van der Waals surface area contributed by atoms with Crippen molar-refractivity contribution in [1.29, 1.82) is 0 Å². The standard InChI is InChI=1S/C17H23BFNO4S2/c1-16(2)17(3,4)24-18(23-16)15(19)12-10-26(21,22)20(9-11-5-6-11)13-7-8-25-14(12)13/h7-8,11H,5-6,9-10H2,1-4H3. The van der Waals surface area contributed by atoms with Crippen molar-refractivity contribution in [2.45, 2.75) is 51.7 Å². The van der Waals surface area contributed by atoms with Gasteiger partial charge in [0.05, 0.1) is 27.5 Å². The van der Waals surface area contributed by atoms with E-state index in [0.717, 1.165) is 12.8 Å². The van der Waals surface area contributed by atoms with Crippen molar-refractivity contribution in [2.75, 3.05) is 16.6 Å². The van der Waals surface area contributed by atoms with E-state index in [1.54, 1.807) is 6.07 Å². The predicted octanol–water partition coefficient (Wildman–Crippen LogP) is 3.62. The smallest absolute Gasteiger partial charge is 0.398 e. The van der Waals surface area contributed by atoms with Crippen LogP contribution in [-0.4, -0.2) is 39.0 Å². The van der Waals surface area contributed by atoms with Gasteiger partial charge >= 0.3 is 7.12 Å². The van der Waals surface area contributed by atoms with E-state index < -0.39 is 34.1 Å². The van der Waals surface area contributed by atoms with Gasteiger partial charge in [0.2, 0.25) is 10.0 Å². The average Bonchev–Trinajstić information content (AvgIpc) is 3.16. The molecule has 0 aromatic carbocycles. The highest BCUT2D eigenvalue weighted by atomic mass is 32.2. The zero-order valence-electron chi connectivity index (χ0n) is 15.4. The Labute approximate surface area is 158 Å². The molecule has 9 heteroatoms. The zero-order chi connectivity index (χ0) is 18.9. The minimum Gasteiger partial charge on any atom is -0.398 e. The summed E-state index contributed by atoms with van der Waals surface area (Å²) in [5, 5.41) is 1.81. The molecule has 3 heterocycles. The van der Waals surface area contributed by atoms with E-state index in [0.29, 0.717) is 23.0 Å². The molecule has 0 bridgehead atoms. The van der Waals surface area contributed by atoms with Crippen LogP contribution in [0.2, 0.25) is 0 Å². The van der Waals surface area contributed by atoms with Crippen molar-refractivity contribution in [3.63, 3.8) is 0 Å². The van der Waals surface area contributed by atoms with Crippen LogP contribution in [0, 0.1) is 5.92 Å². The Morgan fingerprint density at radius 2 is 1.92 bits per heavy atom. The highest BCUT2D eigenvalue weighted by Crippen LogP contribution is 2.46. The number of thiophene rings is 1. The van der Waals surface area contributed by atoms with Crippen LogP contribution in [0.15, 0.2) is 17.2 Å². The summed E-state index contributed by atoms with van der Waals surface area (Å²) in [5.74, 6) is 0.0550. The van der Waals surface area contributed by atoms with Crippen LogP contribution in [0.5, 0.6) is 0 Å². The summed E-state index contributed by atoms with van der Waals surface area (Å²) in [7, 11) is -4.80. The van der Waals surface area contributed by atoms with Gasteiger partial charge in [-0.25, -0.2) is 12.8 Å². The number of hydrogen-bond acceptors (Lipinski definition) is 5.